The minimum atomic E-state index is -0.622. The molecule has 0 bridgehead atoms. The summed E-state index contributed by atoms with van der Waals surface area (Å²) in [5.74, 6) is -0.852. The second-order valence-corrected chi connectivity index (χ2v) is 5.02. The third-order valence-electron chi connectivity index (χ3n) is 3.51. The van der Waals surface area contributed by atoms with Crippen LogP contribution in [0.25, 0.3) is 0 Å². The Morgan fingerprint density at radius 3 is 2.94 bits per heavy atom. The van der Waals surface area contributed by atoms with E-state index >= 15 is 0 Å². The Balaban J connectivity index is 2.32. The summed E-state index contributed by atoms with van der Waals surface area (Å²) in [6, 6.07) is 3.91. The molecule has 2 unspecified atom stereocenters. The van der Waals surface area contributed by atoms with Crippen molar-refractivity contribution in [1.29, 1.82) is 0 Å². The summed E-state index contributed by atoms with van der Waals surface area (Å²) in [4.78, 5) is 13.8. The lowest BCUT2D eigenvalue weighted by molar-refractivity contribution is 0.0643. The number of likely N-dealkylation sites (tertiary alicyclic amines) is 1. The van der Waals surface area contributed by atoms with Gasteiger partial charge in [-0.15, -0.1) is 0 Å². The number of hydrogen-bond acceptors (Lipinski definition) is 2. The summed E-state index contributed by atoms with van der Waals surface area (Å²) >= 11 is 5.88. The molecule has 0 aromatic heterocycles. The molecule has 0 saturated carbocycles. The van der Waals surface area contributed by atoms with Crippen LogP contribution >= 0.6 is 11.6 Å². The summed E-state index contributed by atoms with van der Waals surface area (Å²) in [6.07, 6.45) is 0.809. The smallest absolute Gasteiger partial charge is 0.258 e. The van der Waals surface area contributed by atoms with Crippen molar-refractivity contribution in [2.75, 3.05) is 13.2 Å². The maximum absolute atomic E-state index is 13.7. The van der Waals surface area contributed by atoms with Gasteiger partial charge < -0.3 is 10.0 Å². The third-order valence-corrected chi connectivity index (χ3v) is 3.82. The molecule has 0 aliphatic carbocycles. The fourth-order valence-electron chi connectivity index (χ4n) is 2.38. The van der Waals surface area contributed by atoms with Crippen molar-refractivity contribution in [2.45, 2.75) is 19.4 Å². The molecule has 2 atom stereocenters. The first-order valence-corrected chi connectivity index (χ1v) is 6.30. The number of benzene rings is 1. The Hall–Kier alpha value is -1.13. The number of rotatable bonds is 2. The Morgan fingerprint density at radius 1 is 1.61 bits per heavy atom. The minimum Gasteiger partial charge on any atom is -0.394 e. The molecule has 1 aliphatic heterocycles. The van der Waals surface area contributed by atoms with Crippen LogP contribution in [0.15, 0.2) is 18.2 Å². The van der Waals surface area contributed by atoms with Gasteiger partial charge in [0.2, 0.25) is 0 Å². The Kier molecular flexibility index (Phi) is 3.88. The van der Waals surface area contributed by atoms with Crippen molar-refractivity contribution < 1.29 is 14.3 Å². The topological polar surface area (TPSA) is 40.5 Å². The quantitative estimate of drug-likeness (QED) is 0.897. The Morgan fingerprint density at radius 2 is 2.33 bits per heavy atom. The molecule has 1 aliphatic rings. The molecule has 18 heavy (non-hydrogen) atoms. The number of nitrogens with zero attached hydrogens (tertiary/aromatic N) is 1. The summed E-state index contributed by atoms with van der Waals surface area (Å²) in [6.45, 7) is 2.38. The van der Waals surface area contributed by atoms with E-state index in [1.165, 1.54) is 23.1 Å². The van der Waals surface area contributed by atoms with Crippen LogP contribution in [-0.4, -0.2) is 35.1 Å². The van der Waals surface area contributed by atoms with Gasteiger partial charge in [0.1, 0.15) is 5.82 Å². The summed E-state index contributed by atoms with van der Waals surface area (Å²) < 4.78 is 13.7. The fourth-order valence-corrected chi connectivity index (χ4v) is 2.63. The van der Waals surface area contributed by atoms with Gasteiger partial charge in [-0.3, -0.25) is 4.79 Å². The lowest BCUT2D eigenvalue weighted by Gasteiger charge is -2.25. The lowest BCUT2D eigenvalue weighted by atomic mass is 10.0. The SMILES string of the molecule is CC1CCN(C(=O)c2c(F)cccc2Cl)C1CO. The molecule has 2 rings (SSSR count). The average Bonchev–Trinajstić information content (AvgIpc) is 2.69. The Bertz CT molecular complexity index is 446. The molecule has 1 heterocycles. The molecule has 0 spiro atoms. The highest BCUT2D eigenvalue weighted by atomic mass is 35.5. The lowest BCUT2D eigenvalue weighted by Crippen LogP contribution is -2.40. The standard InChI is InChI=1S/C13H15ClFNO2/c1-8-5-6-16(11(8)7-17)13(18)12-9(14)3-2-4-10(12)15/h2-4,8,11,17H,5-7H2,1H3. The second-order valence-electron chi connectivity index (χ2n) is 4.61. The second kappa shape index (κ2) is 5.24. The van der Waals surface area contributed by atoms with E-state index in [9.17, 15) is 14.3 Å². The van der Waals surface area contributed by atoms with E-state index in [-0.39, 0.29) is 29.2 Å². The normalized spacial score (nSPS) is 23.4. The van der Waals surface area contributed by atoms with E-state index in [1.54, 1.807) is 0 Å². The predicted octanol–water partition coefficient (Wildman–Crippen LogP) is 2.32. The van der Waals surface area contributed by atoms with Crippen LogP contribution in [0.1, 0.15) is 23.7 Å². The van der Waals surface area contributed by atoms with E-state index in [1.807, 2.05) is 6.92 Å². The number of carbonyl (C=O) groups is 1. The molecule has 1 saturated heterocycles. The monoisotopic (exact) mass is 271 g/mol. The number of hydrogen-bond donors (Lipinski definition) is 1. The van der Waals surface area contributed by atoms with Gasteiger partial charge in [0.15, 0.2) is 0 Å². The van der Waals surface area contributed by atoms with E-state index in [0.717, 1.165) is 6.42 Å². The van der Waals surface area contributed by atoms with Crippen LogP contribution in [0.5, 0.6) is 0 Å². The number of aliphatic hydroxyl groups is 1. The fraction of sp³-hybridized carbons (Fsp3) is 0.462. The van der Waals surface area contributed by atoms with Gasteiger partial charge in [0.25, 0.3) is 5.91 Å². The largest absolute Gasteiger partial charge is 0.394 e. The van der Waals surface area contributed by atoms with Crippen molar-refractivity contribution >= 4 is 17.5 Å². The molecule has 1 amide bonds. The van der Waals surface area contributed by atoms with Crippen LogP contribution in [0.2, 0.25) is 5.02 Å². The van der Waals surface area contributed by atoms with E-state index in [4.69, 9.17) is 11.6 Å². The third kappa shape index (κ3) is 2.22. The highest BCUT2D eigenvalue weighted by molar-refractivity contribution is 6.33. The number of amides is 1. The van der Waals surface area contributed by atoms with Crippen molar-refractivity contribution in [1.82, 2.24) is 4.90 Å². The van der Waals surface area contributed by atoms with Crippen molar-refractivity contribution in [3.05, 3.63) is 34.6 Å². The first-order valence-electron chi connectivity index (χ1n) is 5.92. The predicted molar refractivity (Wildman–Crippen MR) is 67.1 cm³/mol. The van der Waals surface area contributed by atoms with Gasteiger partial charge in [-0.2, -0.15) is 0 Å². The van der Waals surface area contributed by atoms with Gasteiger partial charge in [-0.05, 0) is 24.5 Å². The van der Waals surface area contributed by atoms with Gasteiger partial charge in [0.05, 0.1) is 23.2 Å². The first kappa shape index (κ1) is 13.3. The number of aliphatic hydroxyl groups excluding tert-OH is 1. The molecule has 1 N–H and O–H groups in total. The molecule has 98 valence electrons. The molecule has 0 radical (unpaired) electrons. The number of halogens is 2. The molecule has 1 aromatic rings. The first-order chi connectivity index (χ1) is 8.56. The zero-order valence-electron chi connectivity index (χ0n) is 10.1. The maximum Gasteiger partial charge on any atom is 0.258 e. The number of carbonyl (C=O) groups excluding carboxylic acids is 1. The molecule has 3 nitrogen and oxygen atoms in total. The summed E-state index contributed by atoms with van der Waals surface area (Å²) in [7, 11) is 0. The molecular formula is C13H15ClFNO2. The zero-order valence-corrected chi connectivity index (χ0v) is 10.8. The molecular weight excluding hydrogens is 257 g/mol. The molecule has 5 heteroatoms. The van der Waals surface area contributed by atoms with Crippen LogP contribution in [-0.2, 0) is 0 Å². The van der Waals surface area contributed by atoms with Crippen molar-refractivity contribution in [2.24, 2.45) is 5.92 Å². The van der Waals surface area contributed by atoms with Crippen LogP contribution in [0.4, 0.5) is 4.39 Å². The van der Waals surface area contributed by atoms with Crippen LogP contribution in [0.3, 0.4) is 0 Å². The van der Waals surface area contributed by atoms with Crippen LogP contribution in [0, 0.1) is 11.7 Å². The van der Waals surface area contributed by atoms with E-state index < -0.39 is 11.7 Å². The molecule has 1 aromatic carbocycles. The highest BCUT2D eigenvalue weighted by Gasteiger charge is 2.35. The highest BCUT2D eigenvalue weighted by Crippen LogP contribution is 2.28. The van der Waals surface area contributed by atoms with Crippen LogP contribution < -0.4 is 0 Å². The average molecular weight is 272 g/mol. The van der Waals surface area contributed by atoms with Gasteiger partial charge in [-0.1, -0.05) is 24.6 Å². The summed E-state index contributed by atoms with van der Waals surface area (Å²) in [5.41, 5.74) is -0.105. The summed E-state index contributed by atoms with van der Waals surface area (Å²) in [5, 5.41) is 9.43. The van der Waals surface area contributed by atoms with Crippen molar-refractivity contribution in [3.63, 3.8) is 0 Å². The maximum atomic E-state index is 13.7. The van der Waals surface area contributed by atoms with Gasteiger partial charge >= 0.3 is 0 Å². The minimum absolute atomic E-state index is 0.105. The van der Waals surface area contributed by atoms with Gasteiger partial charge in [-0.25, -0.2) is 4.39 Å². The van der Waals surface area contributed by atoms with E-state index in [0.29, 0.717) is 6.54 Å². The Labute approximate surface area is 110 Å². The van der Waals surface area contributed by atoms with Gasteiger partial charge in [0, 0.05) is 6.54 Å². The zero-order chi connectivity index (χ0) is 13.3. The van der Waals surface area contributed by atoms with E-state index in [2.05, 4.69) is 0 Å². The van der Waals surface area contributed by atoms with Crippen molar-refractivity contribution in [3.8, 4) is 0 Å². The molecule has 1 fully saturated rings.